The Morgan fingerprint density at radius 1 is 1.38 bits per heavy atom. The monoisotopic (exact) mass is 224 g/mol. The molecule has 0 amide bonds. The van der Waals surface area contributed by atoms with Gasteiger partial charge in [-0.3, -0.25) is 0 Å². The summed E-state index contributed by atoms with van der Waals surface area (Å²) in [4.78, 5) is 0. The lowest BCUT2D eigenvalue weighted by Crippen LogP contribution is -2.48. The average molecular weight is 224 g/mol. The number of rotatable bonds is 1. The van der Waals surface area contributed by atoms with Crippen LogP contribution >= 0.6 is 0 Å². The molecule has 0 bridgehead atoms. The number of hydrogen-bond acceptors (Lipinski definition) is 1. The Labute approximate surface area is 85.4 Å². The summed E-state index contributed by atoms with van der Waals surface area (Å²) in [5, 5.41) is 4.95. The van der Waals surface area contributed by atoms with Gasteiger partial charge >= 0.3 is 0 Å². The van der Waals surface area contributed by atoms with Crippen LogP contribution in [0.25, 0.3) is 0 Å². The molecule has 0 aliphatic carbocycles. The highest BCUT2D eigenvalue weighted by atomic mass is 28.4. The van der Waals surface area contributed by atoms with Crippen molar-refractivity contribution in [1.82, 2.24) is 0 Å². The van der Waals surface area contributed by atoms with Crippen LogP contribution in [0.2, 0.25) is 19.6 Å². The van der Waals surface area contributed by atoms with E-state index in [0.717, 1.165) is 0 Å². The molecule has 0 radical (unpaired) electrons. The van der Waals surface area contributed by atoms with E-state index in [4.69, 9.17) is 4.12 Å². The van der Waals surface area contributed by atoms with Crippen molar-refractivity contribution in [3.05, 3.63) is 18.2 Å². The first kappa shape index (κ1) is 9.39. The third-order valence-electron chi connectivity index (χ3n) is 2.88. The average Bonchev–Trinajstić information content (AvgIpc) is 2.43. The molecular formula is C9H16OSi3. The van der Waals surface area contributed by atoms with Gasteiger partial charge in [0.2, 0.25) is 8.32 Å². The van der Waals surface area contributed by atoms with E-state index in [0.29, 0.717) is 0 Å². The molecule has 4 heteroatoms. The predicted octanol–water partition coefficient (Wildman–Crippen LogP) is -1.32. The van der Waals surface area contributed by atoms with Crippen molar-refractivity contribution in [2.75, 3.05) is 0 Å². The van der Waals surface area contributed by atoms with E-state index in [2.05, 4.69) is 37.8 Å². The second-order valence-corrected chi connectivity index (χ2v) is 11.3. The van der Waals surface area contributed by atoms with Crippen LogP contribution in [-0.2, 0) is 4.12 Å². The van der Waals surface area contributed by atoms with E-state index < -0.39 is 8.32 Å². The Kier molecular flexibility index (Phi) is 2.31. The molecule has 70 valence electrons. The molecule has 0 saturated heterocycles. The van der Waals surface area contributed by atoms with Crippen molar-refractivity contribution in [2.24, 2.45) is 0 Å². The molecule has 1 aliphatic rings. The Morgan fingerprint density at radius 3 is 2.85 bits per heavy atom. The van der Waals surface area contributed by atoms with Crippen molar-refractivity contribution >= 4 is 43.2 Å². The van der Waals surface area contributed by atoms with Gasteiger partial charge in [-0.25, -0.2) is 0 Å². The van der Waals surface area contributed by atoms with E-state index in [9.17, 15) is 0 Å². The zero-order chi connectivity index (χ0) is 9.47. The van der Waals surface area contributed by atoms with Crippen LogP contribution in [0.1, 0.15) is 0 Å². The predicted molar refractivity (Wildman–Crippen MR) is 66.9 cm³/mol. The molecule has 13 heavy (non-hydrogen) atoms. The van der Waals surface area contributed by atoms with E-state index in [1.807, 2.05) is 0 Å². The van der Waals surface area contributed by atoms with E-state index in [1.54, 1.807) is 15.6 Å². The van der Waals surface area contributed by atoms with Crippen molar-refractivity contribution in [3.63, 3.8) is 0 Å². The fourth-order valence-corrected chi connectivity index (χ4v) is 10.4. The number of fused-ring (bicyclic) bond motifs is 1. The Bertz CT molecular complexity index is 336. The second-order valence-electron chi connectivity index (χ2n) is 4.10. The Balaban J connectivity index is 2.56. The smallest absolute Gasteiger partial charge is 0.205 e. The molecule has 0 unspecified atom stereocenters. The van der Waals surface area contributed by atoms with Crippen LogP contribution < -0.4 is 15.6 Å². The van der Waals surface area contributed by atoms with Gasteiger partial charge in [0.1, 0.15) is 0 Å². The molecule has 2 rings (SSSR count). The van der Waals surface area contributed by atoms with Crippen LogP contribution in [0.5, 0.6) is 0 Å². The fourth-order valence-electron chi connectivity index (χ4n) is 2.03. The molecule has 0 atom stereocenters. The normalized spacial score (nSPS) is 21.5. The lowest BCUT2D eigenvalue weighted by molar-refractivity contribution is 0.625. The Hall–Kier alpha value is -0.169. The first-order valence-electron chi connectivity index (χ1n) is 4.90. The van der Waals surface area contributed by atoms with Crippen LogP contribution in [0.15, 0.2) is 18.2 Å². The third kappa shape index (κ3) is 1.48. The molecule has 1 aromatic rings. The van der Waals surface area contributed by atoms with E-state index in [-0.39, 0.29) is 19.3 Å². The SMILES string of the molecule is C[SiH2]c1cccc2c1[SiH2]O[Si]2(C)C. The minimum atomic E-state index is -1.42. The summed E-state index contributed by atoms with van der Waals surface area (Å²) in [6, 6.07) is 6.84. The molecule has 1 aromatic carbocycles. The molecular weight excluding hydrogens is 208 g/mol. The van der Waals surface area contributed by atoms with Gasteiger partial charge < -0.3 is 4.12 Å². The summed E-state index contributed by atoms with van der Waals surface area (Å²) in [6.07, 6.45) is 0. The molecule has 0 aromatic heterocycles. The first-order chi connectivity index (χ1) is 6.15. The molecule has 0 fully saturated rings. The van der Waals surface area contributed by atoms with Gasteiger partial charge in [0.15, 0.2) is 9.76 Å². The highest BCUT2D eigenvalue weighted by Crippen LogP contribution is 2.07. The summed E-state index contributed by atoms with van der Waals surface area (Å²) in [6.45, 7) is 7.02. The van der Waals surface area contributed by atoms with Gasteiger partial charge in [0.05, 0.1) is 9.52 Å². The largest absolute Gasteiger partial charge is 0.453 e. The molecule has 1 heterocycles. The molecule has 1 nitrogen and oxygen atoms in total. The molecule has 0 spiro atoms. The van der Waals surface area contributed by atoms with Crippen LogP contribution in [-0.4, -0.2) is 27.6 Å². The maximum atomic E-state index is 6.05. The van der Waals surface area contributed by atoms with Crippen molar-refractivity contribution in [2.45, 2.75) is 19.6 Å². The number of hydrogen-bond donors (Lipinski definition) is 0. The summed E-state index contributed by atoms with van der Waals surface area (Å²) < 4.78 is 6.05. The van der Waals surface area contributed by atoms with E-state index >= 15 is 0 Å². The third-order valence-corrected chi connectivity index (χ3v) is 11.5. The van der Waals surface area contributed by atoms with Gasteiger partial charge in [0, 0.05) is 0 Å². The lowest BCUT2D eigenvalue weighted by atomic mass is 10.3. The second kappa shape index (κ2) is 3.20. The van der Waals surface area contributed by atoms with Crippen molar-refractivity contribution in [1.29, 1.82) is 0 Å². The zero-order valence-corrected chi connectivity index (χ0v) is 12.4. The summed E-state index contributed by atoms with van der Waals surface area (Å²) in [5.74, 6) is 0. The fraction of sp³-hybridized carbons (Fsp3) is 0.333. The maximum absolute atomic E-state index is 6.05. The van der Waals surface area contributed by atoms with Crippen LogP contribution in [0.3, 0.4) is 0 Å². The quantitative estimate of drug-likeness (QED) is 0.538. The maximum Gasteiger partial charge on any atom is 0.205 e. The van der Waals surface area contributed by atoms with Gasteiger partial charge in [-0.05, 0) is 23.5 Å². The summed E-state index contributed by atoms with van der Waals surface area (Å²) >= 11 is 0. The minimum Gasteiger partial charge on any atom is -0.453 e. The standard InChI is InChI=1S/C9H16OSi3/c1-11-7-5-4-6-8-9(7)12-10-13(8,2)3/h4-6H,11-12H2,1-3H3. The van der Waals surface area contributed by atoms with Gasteiger partial charge in [0.25, 0.3) is 0 Å². The van der Waals surface area contributed by atoms with E-state index in [1.165, 1.54) is 0 Å². The molecule has 0 saturated carbocycles. The van der Waals surface area contributed by atoms with Crippen LogP contribution in [0, 0.1) is 0 Å². The minimum absolute atomic E-state index is 0.00173. The summed E-state index contributed by atoms with van der Waals surface area (Å²) in [7, 11) is -1.78. The first-order valence-corrected chi connectivity index (χ1v) is 11.2. The topological polar surface area (TPSA) is 9.23 Å². The van der Waals surface area contributed by atoms with Gasteiger partial charge in [-0.2, -0.15) is 0 Å². The van der Waals surface area contributed by atoms with Crippen LogP contribution in [0.4, 0.5) is 0 Å². The zero-order valence-electron chi connectivity index (χ0n) is 8.55. The van der Waals surface area contributed by atoms with Gasteiger partial charge in [-0.15, -0.1) is 0 Å². The summed E-state index contributed by atoms with van der Waals surface area (Å²) in [5.41, 5.74) is 0. The Morgan fingerprint density at radius 2 is 2.15 bits per heavy atom. The van der Waals surface area contributed by atoms with Crippen molar-refractivity contribution < 1.29 is 4.12 Å². The highest BCUT2D eigenvalue weighted by molar-refractivity contribution is 6.96. The van der Waals surface area contributed by atoms with Crippen molar-refractivity contribution in [3.8, 4) is 0 Å². The highest BCUT2D eigenvalue weighted by Gasteiger charge is 2.34. The van der Waals surface area contributed by atoms with Gasteiger partial charge in [-0.1, -0.05) is 29.9 Å². The molecule has 0 N–H and O–H groups in total. The number of benzene rings is 1. The lowest BCUT2D eigenvalue weighted by Gasteiger charge is -2.15. The molecule has 1 aliphatic heterocycles.